The van der Waals surface area contributed by atoms with Crippen LogP contribution >= 0.6 is 0 Å². The van der Waals surface area contributed by atoms with Gasteiger partial charge in [-0.3, -0.25) is 9.52 Å². The lowest BCUT2D eigenvalue weighted by Crippen LogP contribution is -2.16. The summed E-state index contributed by atoms with van der Waals surface area (Å²) in [6.07, 6.45) is 0.870. The summed E-state index contributed by atoms with van der Waals surface area (Å²) in [5, 5.41) is 6.25. The van der Waals surface area contributed by atoms with E-state index in [2.05, 4.69) is 15.2 Å². The van der Waals surface area contributed by atoms with Crippen molar-refractivity contribution >= 4 is 27.4 Å². The number of carbonyl (C=O) groups excluding carboxylic acids is 1. The number of aromatic nitrogens is 1. The van der Waals surface area contributed by atoms with Crippen molar-refractivity contribution in [3.63, 3.8) is 0 Å². The zero-order valence-electron chi connectivity index (χ0n) is 14.9. The first kappa shape index (κ1) is 18.7. The molecule has 0 radical (unpaired) electrons. The SMILES string of the molecule is CCc1ccc(NS(=O)(=O)c2cccc(C(=O)Nc3cc(C)on3)c2)cc1. The molecule has 0 fully saturated rings. The van der Waals surface area contributed by atoms with Gasteiger partial charge in [0.25, 0.3) is 15.9 Å². The van der Waals surface area contributed by atoms with Crippen molar-refractivity contribution in [2.45, 2.75) is 25.2 Å². The van der Waals surface area contributed by atoms with Gasteiger partial charge in [-0.25, -0.2) is 8.42 Å². The lowest BCUT2D eigenvalue weighted by Gasteiger charge is -2.10. The molecule has 1 heterocycles. The molecular formula is C19H19N3O4S. The summed E-state index contributed by atoms with van der Waals surface area (Å²) < 4.78 is 32.7. The van der Waals surface area contributed by atoms with Crippen LogP contribution in [-0.4, -0.2) is 19.5 Å². The van der Waals surface area contributed by atoms with E-state index in [1.165, 1.54) is 24.3 Å². The van der Waals surface area contributed by atoms with Gasteiger partial charge < -0.3 is 9.84 Å². The Labute approximate surface area is 157 Å². The molecule has 8 heteroatoms. The minimum atomic E-state index is -3.82. The first-order chi connectivity index (χ1) is 12.9. The van der Waals surface area contributed by atoms with Crippen molar-refractivity contribution in [3.05, 3.63) is 71.5 Å². The number of benzene rings is 2. The van der Waals surface area contributed by atoms with E-state index in [4.69, 9.17) is 4.52 Å². The van der Waals surface area contributed by atoms with Crippen molar-refractivity contribution in [3.8, 4) is 0 Å². The van der Waals surface area contributed by atoms with E-state index in [1.807, 2.05) is 19.1 Å². The number of carbonyl (C=O) groups is 1. The van der Waals surface area contributed by atoms with Crippen molar-refractivity contribution < 1.29 is 17.7 Å². The van der Waals surface area contributed by atoms with Gasteiger partial charge in [0.05, 0.1) is 4.90 Å². The quantitative estimate of drug-likeness (QED) is 0.675. The largest absolute Gasteiger partial charge is 0.360 e. The second-order valence-electron chi connectivity index (χ2n) is 5.96. The van der Waals surface area contributed by atoms with Gasteiger partial charge in [-0.15, -0.1) is 0 Å². The average Bonchev–Trinajstić information content (AvgIpc) is 3.07. The number of rotatable bonds is 6. The maximum atomic E-state index is 12.6. The third-order valence-electron chi connectivity index (χ3n) is 3.89. The van der Waals surface area contributed by atoms with Crippen LogP contribution in [0.2, 0.25) is 0 Å². The lowest BCUT2D eigenvalue weighted by atomic mass is 10.2. The Hall–Kier alpha value is -3.13. The lowest BCUT2D eigenvalue weighted by molar-refractivity contribution is 0.102. The van der Waals surface area contributed by atoms with Crippen molar-refractivity contribution in [2.24, 2.45) is 0 Å². The van der Waals surface area contributed by atoms with Crippen LogP contribution in [-0.2, 0) is 16.4 Å². The Balaban J connectivity index is 1.79. The number of amides is 1. The van der Waals surface area contributed by atoms with E-state index >= 15 is 0 Å². The van der Waals surface area contributed by atoms with Gasteiger partial charge >= 0.3 is 0 Å². The van der Waals surface area contributed by atoms with E-state index in [1.54, 1.807) is 25.1 Å². The number of nitrogens with zero attached hydrogens (tertiary/aromatic N) is 1. The van der Waals surface area contributed by atoms with E-state index in [9.17, 15) is 13.2 Å². The zero-order chi connectivity index (χ0) is 19.4. The number of hydrogen-bond donors (Lipinski definition) is 2. The first-order valence-corrected chi connectivity index (χ1v) is 9.82. The van der Waals surface area contributed by atoms with Gasteiger partial charge in [-0.1, -0.05) is 30.3 Å². The van der Waals surface area contributed by atoms with Gasteiger partial charge in [0.2, 0.25) is 0 Å². The van der Waals surface area contributed by atoms with Crippen LogP contribution in [0.3, 0.4) is 0 Å². The molecule has 140 valence electrons. The van der Waals surface area contributed by atoms with Gasteiger partial charge in [-0.2, -0.15) is 0 Å². The highest BCUT2D eigenvalue weighted by atomic mass is 32.2. The van der Waals surface area contributed by atoms with E-state index in [0.29, 0.717) is 11.4 Å². The summed E-state index contributed by atoms with van der Waals surface area (Å²) in [6, 6.07) is 14.5. The monoisotopic (exact) mass is 385 g/mol. The predicted octanol–water partition coefficient (Wildman–Crippen LogP) is 3.60. The van der Waals surface area contributed by atoms with Crippen LogP contribution in [0.5, 0.6) is 0 Å². The molecule has 1 amide bonds. The molecule has 0 bridgehead atoms. The standard InChI is InChI=1S/C19H19N3O4S/c1-3-14-7-9-16(10-8-14)22-27(24,25)17-6-4-5-15(12-17)19(23)20-18-11-13(2)26-21-18/h4-12,22H,3H2,1-2H3,(H,20,21,23). The van der Waals surface area contributed by atoms with Gasteiger partial charge in [0.15, 0.2) is 5.82 Å². The smallest absolute Gasteiger partial charge is 0.261 e. The second kappa shape index (κ2) is 7.63. The van der Waals surface area contributed by atoms with E-state index in [0.717, 1.165) is 12.0 Å². The Bertz CT molecular complexity index is 1060. The minimum absolute atomic E-state index is 0.00829. The molecule has 0 spiro atoms. The summed E-state index contributed by atoms with van der Waals surface area (Å²) in [4.78, 5) is 12.3. The Morgan fingerprint density at radius 1 is 1.11 bits per heavy atom. The summed E-state index contributed by atoms with van der Waals surface area (Å²) >= 11 is 0. The number of anilines is 2. The Morgan fingerprint density at radius 3 is 2.48 bits per heavy atom. The summed E-state index contributed by atoms with van der Waals surface area (Å²) in [5.41, 5.74) is 1.76. The molecule has 7 nitrogen and oxygen atoms in total. The molecule has 3 rings (SSSR count). The number of sulfonamides is 1. The minimum Gasteiger partial charge on any atom is -0.360 e. The van der Waals surface area contributed by atoms with Crippen LogP contribution in [0.15, 0.2) is 64.0 Å². The Morgan fingerprint density at radius 2 is 1.85 bits per heavy atom. The molecule has 27 heavy (non-hydrogen) atoms. The molecule has 0 aliphatic rings. The molecule has 3 aromatic rings. The normalized spacial score (nSPS) is 11.2. The van der Waals surface area contributed by atoms with Crippen LogP contribution in [0.4, 0.5) is 11.5 Å². The molecule has 2 aromatic carbocycles. The van der Waals surface area contributed by atoms with Crippen LogP contribution in [0.1, 0.15) is 28.6 Å². The fraction of sp³-hybridized carbons (Fsp3) is 0.158. The summed E-state index contributed by atoms with van der Waals surface area (Å²) in [5.74, 6) is 0.340. The molecule has 0 saturated carbocycles. The second-order valence-corrected chi connectivity index (χ2v) is 7.64. The average molecular weight is 385 g/mol. The Kier molecular flexibility index (Phi) is 5.27. The number of hydrogen-bond acceptors (Lipinski definition) is 5. The van der Waals surface area contributed by atoms with Crippen molar-refractivity contribution in [1.29, 1.82) is 0 Å². The van der Waals surface area contributed by atoms with Gasteiger partial charge in [0.1, 0.15) is 5.76 Å². The molecule has 0 aliphatic heterocycles. The maximum Gasteiger partial charge on any atom is 0.261 e. The third kappa shape index (κ3) is 4.53. The molecule has 0 aliphatic carbocycles. The fourth-order valence-corrected chi connectivity index (χ4v) is 3.54. The highest BCUT2D eigenvalue weighted by molar-refractivity contribution is 7.92. The van der Waals surface area contributed by atoms with E-state index in [-0.39, 0.29) is 16.3 Å². The maximum absolute atomic E-state index is 12.6. The molecule has 2 N–H and O–H groups in total. The topological polar surface area (TPSA) is 101 Å². The highest BCUT2D eigenvalue weighted by Gasteiger charge is 2.17. The molecular weight excluding hydrogens is 366 g/mol. The van der Waals surface area contributed by atoms with Crippen LogP contribution < -0.4 is 10.0 Å². The van der Waals surface area contributed by atoms with Gasteiger partial charge in [-0.05, 0) is 49.2 Å². The fourth-order valence-electron chi connectivity index (χ4n) is 2.44. The first-order valence-electron chi connectivity index (χ1n) is 8.34. The third-order valence-corrected chi connectivity index (χ3v) is 5.27. The number of aryl methyl sites for hydroxylation is 2. The van der Waals surface area contributed by atoms with E-state index < -0.39 is 15.9 Å². The molecule has 0 unspecified atom stereocenters. The summed E-state index contributed by atoms with van der Waals surface area (Å²) in [7, 11) is -3.82. The van der Waals surface area contributed by atoms with Gasteiger partial charge in [0, 0.05) is 17.3 Å². The van der Waals surface area contributed by atoms with Crippen LogP contribution in [0, 0.1) is 6.92 Å². The molecule has 1 aromatic heterocycles. The predicted molar refractivity (Wildman–Crippen MR) is 102 cm³/mol. The highest BCUT2D eigenvalue weighted by Crippen LogP contribution is 2.19. The number of nitrogens with one attached hydrogen (secondary N) is 2. The van der Waals surface area contributed by atoms with Crippen LogP contribution in [0.25, 0.3) is 0 Å². The molecule has 0 atom stereocenters. The molecule has 0 saturated heterocycles. The zero-order valence-corrected chi connectivity index (χ0v) is 15.7. The summed E-state index contributed by atoms with van der Waals surface area (Å²) in [6.45, 7) is 3.73. The van der Waals surface area contributed by atoms with Crippen molar-refractivity contribution in [2.75, 3.05) is 10.0 Å². The van der Waals surface area contributed by atoms with Crippen molar-refractivity contribution in [1.82, 2.24) is 5.16 Å².